The lowest BCUT2D eigenvalue weighted by molar-refractivity contribution is -0.385. The second-order valence-electron chi connectivity index (χ2n) is 4.62. The molecule has 1 heterocycles. The van der Waals surface area contributed by atoms with Gasteiger partial charge in [0.15, 0.2) is 16.0 Å². The molecule has 0 aliphatic rings. The molecule has 0 fully saturated rings. The molecule has 0 unspecified atom stereocenters. The zero-order chi connectivity index (χ0) is 18.4. The average Bonchev–Trinajstić information content (AvgIpc) is 2.57. The standard InChI is InChI=1S/C15H13ClN4O4S/c1-2-24-12-6-5-9(8-11(12)20(22)23)14(21)19-15(25)18-10-4-3-7-17-13(10)16/h3-8H,2H2,1H3,(H2,18,19,21,25). The number of carbonyl (C=O) groups excluding carboxylic acids is 1. The molecule has 8 nitrogen and oxygen atoms in total. The number of aromatic nitrogens is 1. The van der Waals surface area contributed by atoms with Crippen LogP contribution < -0.4 is 15.4 Å². The molecule has 1 aromatic heterocycles. The molecule has 1 amide bonds. The van der Waals surface area contributed by atoms with Crippen LogP contribution in [0.1, 0.15) is 17.3 Å². The number of anilines is 1. The summed E-state index contributed by atoms with van der Waals surface area (Å²) in [4.78, 5) is 26.6. The van der Waals surface area contributed by atoms with Crippen molar-refractivity contribution in [2.75, 3.05) is 11.9 Å². The van der Waals surface area contributed by atoms with Gasteiger partial charge in [-0.2, -0.15) is 0 Å². The number of nitro benzene ring substituents is 1. The molecule has 25 heavy (non-hydrogen) atoms. The summed E-state index contributed by atoms with van der Waals surface area (Å²) in [6.45, 7) is 1.98. The van der Waals surface area contributed by atoms with Crippen molar-refractivity contribution in [3.63, 3.8) is 0 Å². The highest BCUT2D eigenvalue weighted by Crippen LogP contribution is 2.28. The van der Waals surface area contributed by atoms with Gasteiger partial charge in [-0.05, 0) is 43.4 Å². The highest BCUT2D eigenvalue weighted by Gasteiger charge is 2.19. The molecule has 1 aromatic carbocycles. The third-order valence-corrected chi connectivity index (χ3v) is 3.46. The predicted octanol–water partition coefficient (Wildman–Crippen LogP) is 3.17. The second kappa shape index (κ2) is 8.36. The summed E-state index contributed by atoms with van der Waals surface area (Å²) >= 11 is 10.9. The number of amides is 1. The maximum absolute atomic E-state index is 12.2. The van der Waals surface area contributed by atoms with E-state index in [1.54, 1.807) is 19.1 Å². The molecule has 2 aromatic rings. The van der Waals surface area contributed by atoms with E-state index in [9.17, 15) is 14.9 Å². The minimum Gasteiger partial charge on any atom is -0.487 e. The van der Waals surface area contributed by atoms with Gasteiger partial charge in [-0.1, -0.05) is 11.6 Å². The molecule has 0 atom stereocenters. The Kier molecular flexibility index (Phi) is 6.20. The maximum Gasteiger partial charge on any atom is 0.311 e. The van der Waals surface area contributed by atoms with E-state index in [1.807, 2.05) is 0 Å². The van der Waals surface area contributed by atoms with Crippen molar-refractivity contribution in [1.29, 1.82) is 0 Å². The summed E-state index contributed by atoms with van der Waals surface area (Å²) in [6.07, 6.45) is 1.51. The van der Waals surface area contributed by atoms with Crippen LogP contribution in [0.15, 0.2) is 36.5 Å². The van der Waals surface area contributed by atoms with Gasteiger partial charge in [-0.25, -0.2) is 4.98 Å². The second-order valence-corrected chi connectivity index (χ2v) is 5.39. The third kappa shape index (κ3) is 4.85. The van der Waals surface area contributed by atoms with Gasteiger partial charge in [-0.3, -0.25) is 20.2 Å². The number of ether oxygens (including phenoxy) is 1. The zero-order valence-corrected chi connectivity index (χ0v) is 14.6. The van der Waals surface area contributed by atoms with E-state index in [0.29, 0.717) is 5.69 Å². The number of nitrogens with zero attached hydrogens (tertiary/aromatic N) is 2. The molecule has 0 saturated carbocycles. The number of halogens is 1. The lowest BCUT2D eigenvalue weighted by Gasteiger charge is -2.11. The van der Waals surface area contributed by atoms with Crippen LogP contribution in [-0.2, 0) is 0 Å². The molecule has 0 bridgehead atoms. The fourth-order valence-electron chi connectivity index (χ4n) is 1.89. The third-order valence-electron chi connectivity index (χ3n) is 2.95. The Balaban J connectivity index is 2.12. The Morgan fingerprint density at radius 3 is 2.84 bits per heavy atom. The molecule has 0 saturated heterocycles. The molecule has 0 spiro atoms. The monoisotopic (exact) mass is 380 g/mol. The maximum atomic E-state index is 12.2. The number of nitro groups is 1. The predicted molar refractivity (Wildman–Crippen MR) is 97.2 cm³/mol. The van der Waals surface area contributed by atoms with Gasteiger partial charge in [0.2, 0.25) is 0 Å². The van der Waals surface area contributed by atoms with E-state index in [4.69, 9.17) is 28.6 Å². The average molecular weight is 381 g/mol. The van der Waals surface area contributed by atoms with E-state index < -0.39 is 10.8 Å². The van der Waals surface area contributed by atoms with Crippen LogP contribution in [0.4, 0.5) is 11.4 Å². The summed E-state index contributed by atoms with van der Waals surface area (Å²) in [5.74, 6) is -0.518. The normalized spacial score (nSPS) is 10.0. The fraction of sp³-hybridized carbons (Fsp3) is 0.133. The summed E-state index contributed by atoms with van der Waals surface area (Å²) in [6, 6.07) is 7.18. The molecule has 2 rings (SSSR count). The minimum atomic E-state index is -0.617. The first-order valence-corrected chi connectivity index (χ1v) is 7.85. The van der Waals surface area contributed by atoms with Crippen molar-refractivity contribution in [3.8, 4) is 5.75 Å². The van der Waals surface area contributed by atoms with Gasteiger partial charge < -0.3 is 10.1 Å². The highest BCUT2D eigenvalue weighted by atomic mass is 35.5. The smallest absolute Gasteiger partial charge is 0.311 e. The Hall–Kier alpha value is -2.78. The fourth-order valence-corrected chi connectivity index (χ4v) is 2.26. The number of rotatable bonds is 5. The Bertz CT molecular complexity index is 831. The van der Waals surface area contributed by atoms with Crippen molar-refractivity contribution in [3.05, 3.63) is 57.4 Å². The van der Waals surface area contributed by atoms with E-state index in [1.165, 1.54) is 18.3 Å². The van der Waals surface area contributed by atoms with Gasteiger partial charge in [0.1, 0.15) is 0 Å². The SMILES string of the molecule is CCOc1ccc(C(=O)NC(=S)Nc2cccnc2Cl)cc1[N+](=O)[O-]. The van der Waals surface area contributed by atoms with E-state index in [2.05, 4.69) is 15.6 Å². The van der Waals surface area contributed by atoms with Crippen LogP contribution >= 0.6 is 23.8 Å². The van der Waals surface area contributed by atoms with Gasteiger partial charge >= 0.3 is 5.69 Å². The number of hydrogen-bond donors (Lipinski definition) is 2. The topological polar surface area (TPSA) is 106 Å². The van der Waals surface area contributed by atoms with Crippen molar-refractivity contribution < 1.29 is 14.5 Å². The Labute approximate surface area is 153 Å². The van der Waals surface area contributed by atoms with E-state index in [0.717, 1.165) is 6.07 Å². The summed E-state index contributed by atoms with van der Waals surface area (Å²) in [7, 11) is 0. The highest BCUT2D eigenvalue weighted by molar-refractivity contribution is 7.80. The minimum absolute atomic E-state index is 0.0172. The molecular weight excluding hydrogens is 368 g/mol. The number of thiocarbonyl (C=S) groups is 1. The van der Waals surface area contributed by atoms with Gasteiger partial charge in [0.05, 0.1) is 17.2 Å². The van der Waals surface area contributed by atoms with Gasteiger partial charge in [0, 0.05) is 17.8 Å². The first-order valence-electron chi connectivity index (χ1n) is 7.06. The number of carbonyl (C=O) groups is 1. The van der Waals surface area contributed by atoms with E-state index >= 15 is 0 Å². The van der Waals surface area contributed by atoms with Crippen molar-refractivity contribution in [2.24, 2.45) is 0 Å². The summed E-state index contributed by atoms with van der Waals surface area (Å²) in [5, 5.41) is 16.4. The first-order chi connectivity index (χ1) is 11.9. The van der Waals surface area contributed by atoms with Crippen LogP contribution in [0.2, 0.25) is 5.15 Å². The largest absolute Gasteiger partial charge is 0.487 e. The molecule has 0 aliphatic heterocycles. The van der Waals surface area contributed by atoms with Crippen molar-refractivity contribution >= 4 is 46.2 Å². The van der Waals surface area contributed by atoms with Gasteiger partial charge in [0.25, 0.3) is 5.91 Å². The Morgan fingerprint density at radius 1 is 1.44 bits per heavy atom. The van der Waals surface area contributed by atoms with Crippen molar-refractivity contribution in [2.45, 2.75) is 6.92 Å². The number of benzene rings is 1. The number of pyridine rings is 1. The van der Waals surface area contributed by atoms with Crippen molar-refractivity contribution in [1.82, 2.24) is 10.3 Å². The van der Waals surface area contributed by atoms with Crippen LogP contribution in [0.25, 0.3) is 0 Å². The zero-order valence-electron chi connectivity index (χ0n) is 13.0. The van der Waals surface area contributed by atoms with Crippen LogP contribution in [0, 0.1) is 10.1 Å². The molecule has 0 aliphatic carbocycles. The quantitative estimate of drug-likeness (QED) is 0.355. The molecule has 10 heteroatoms. The molecule has 130 valence electrons. The molecule has 0 radical (unpaired) electrons. The summed E-state index contributed by atoms with van der Waals surface area (Å²) in [5.41, 5.74) is 0.187. The van der Waals surface area contributed by atoms with Crippen LogP contribution in [-0.4, -0.2) is 27.5 Å². The Morgan fingerprint density at radius 2 is 2.20 bits per heavy atom. The molecule has 2 N–H and O–H groups in total. The van der Waals surface area contributed by atoms with Crippen LogP contribution in [0.3, 0.4) is 0 Å². The van der Waals surface area contributed by atoms with Crippen LogP contribution in [0.5, 0.6) is 5.75 Å². The number of hydrogen-bond acceptors (Lipinski definition) is 6. The summed E-state index contributed by atoms with van der Waals surface area (Å²) < 4.78 is 5.17. The van der Waals surface area contributed by atoms with Gasteiger partial charge in [-0.15, -0.1) is 0 Å². The van der Waals surface area contributed by atoms with E-state index in [-0.39, 0.29) is 33.9 Å². The lowest BCUT2D eigenvalue weighted by atomic mass is 10.1. The lowest BCUT2D eigenvalue weighted by Crippen LogP contribution is -2.34. The number of nitrogens with one attached hydrogen (secondary N) is 2. The molecular formula is C15H13ClN4O4S. The first kappa shape index (κ1) is 18.6.